The monoisotopic (exact) mass is 1110 g/mol. The Balaban J connectivity index is 1.17. The van der Waals surface area contributed by atoms with Gasteiger partial charge in [-0.05, 0) is 109 Å². The lowest BCUT2D eigenvalue weighted by atomic mass is 10.0. The summed E-state index contributed by atoms with van der Waals surface area (Å²) in [5, 5.41) is 8.14. The Kier molecular flexibility index (Phi) is 17.9. The SMILES string of the molecule is CCN(Cc1nc2cnc3c(CC(C)N(CC(=O)Nc4cnc5cc(Br)ccc5c4NCCOCc4ccccc4)C(=O)OC(C)(C)C)c(Br)ccc3c2n1CCOCc1ccccc1)C(=O)OC(C)(C)C. The number of benzene rings is 4. The molecule has 17 heteroatoms. The molecule has 0 bridgehead atoms. The number of hydrogen-bond acceptors (Lipinski definition) is 11. The van der Waals surface area contributed by atoms with Crippen molar-refractivity contribution in [1.82, 2.24) is 29.3 Å². The molecule has 0 aliphatic rings. The fourth-order valence-electron chi connectivity index (χ4n) is 8.18. The highest BCUT2D eigenvalue weighted by Gasteiger charge is 2.31. The van der Waals surface area contributed by atoms with E-state index in [1.165, 1.54) is 4.90 Å². The van der Waals surface area contributed by atoms with Crippen LogP contribution >= 0.6 is 31.9 Å². The van der Waals surface area contributed by atoms with Crippen LogP contribution < -0.4 is 10.6 Å². The van der Waals surface area contributed by atoms with Crippen molar-refractivity contribution < 1.29 is 33.3 Å². The number of carbonyl (C=O) groups is 3. The van der Waals surface area contributed by atoms with Gasteiger partial charge in [0.15, 0.2) is 0 Å². The molecule has 0 radical (unpaired) electrons. The third kappa shape index (κ3) is 14.3. The number of ether oxygens (including phenoxy) is 4. The van der Waals surface area contributed by atoms with Crippen molar-refractivity contribution in [3.63, 3.8) is 0 Å². The van der Waals surface area contributed by atoms with E-state index in [4.69, 9.17) is 28.9 Å². The second-order valence-electron chi connectivity index (χ2n) is 19.5. The van der Waals surface area contributed by atoms with Crippen LogP contribution in [0.2, 0.25) is 0 Å². The Hall–Kier alpha value is -6.14. The molecule has 7 rings (SSSR count). The summed E-state index contributed by atoms with van der Waals surface area (Å²) in [6, 6.07) is 29.1. The van der Waals surface area contributed by atoms with E-state index in [-0.39, 0.29) is 13.1 Å². The van der Waals surface area contributed by atoms with Crippen molar-refractivity contribution in [2.45, 2.75) is 105 Å². The summed E-state index contributed by atoms with van der Waals surface area (Å²) in [4.78, 5) is 59.6. The Morgan fingerprint density at radius 2 is 1.40 bits per heavy atom. The molecule has 72 heavy (non-hydrogen) atoms. The standard InChI is InChI=1S/C55H64Br2N8O7/c1-9-63(52(67)71-54(3,4)5)32-47-61-46-31-60-49-41(51(46)64(47)25-27-70-35-38-18-14-11-15-19-38)22-23-43(57)42(49)28-36(2)65(53(68)72-55(6,7)8)33-48(66)62-45-30-59-44-29-39(56)20-21-40(44)50(45)58-24-26-69-34-37-16-12-10-13-17-37/h10-23,29-31,36H,9,24-28,32-35H2,1-8H3,(H,58,59)(H,62,66). The molecule has 0 aliphatic carbocycles. The number of aromatic nitrogens is 4. The Labute approximate surface area is 438 Å². The fraction of sp³-hybridized carbons (Fsp3) is 0.382. The van der Waals surface area contributed by atoms with Crippen LogP contribution in [-0.4, -0.2) is 97.5 Å². The van der Waals surface area contributed by atoms with Gasteiger partial charge in [0.05, 0.1) is 73.3 Å². The molecule has 15 nitrogen and oxygen atoms in total. The number of carbonyl (C=O) groups excluding carboxylic acids is 3. The molecule has 0 aliphatic heterocycles. The molecule has 3 aromatic heterocycles. The molecule has 4 aromatic carbocycles. The largest absolute Gasteiger partial charge is 0.444 e. The van der Waals surface area contributed by atoms with Crippen molar-refractivity contribution in [3.8, 4) is 0 Å². The number of amides is 3. The number of imidazole rings is 1. The molecule has 2 N–H and O–H groups in total. The number of pyridine rings is 2. The maximum absolute atomic E-state index is 14.3. The zero-order valence-electron chi connectivity index (χ0n) is 42.3. The Morgan fingerprint density at radius 1 is 0.764 bits per heavy atom. The first-order valence-corrected chi connectivity index (χ1v) is 25.7. The smallest absolute Gasteiger partial charge is 0.411 e. The summed E-state index contributed by atoms with van der Waals surface area (Å²) in [7, 11) is 0. The molecule has 1 unspecified atom stereocenters. The van der Waals surface area contributed by atoms with Gasteiger partial charge in [-0.15, -0.1) is 0 Å². The lowest BCUT2D eigenvalue weighted by molar-refractivity contribution is -0.117. The summed E-state index contributed by atoms with van der Waals surface area (Å²) in [5.74, 6) is 0.212. The maximum atomic E-state index is 14.3. The third-order valence-corrected chi connectivity index (χ3v) is 12.8. The Morgan fingerprint density at radius 3 is 2.06 bits per heavy atom. The van der Waals surface area contributed by atoms with Crippen LogP contribution in [-0.2, 0) is 56.5 Å². The van der Waals surface area contributed by atoms with Crippen molar-refractivity contribution in [2.24, 2.45) is 0 Å². The van der Waals surface area contributed by atoms with Crippen LogP contribution in [0.5, 0.6) is 0 Å². The van der Waals surface area contributed by atoms with E-state index in [9.17, 15) is 14.4 Å². The number of anilines is 2. The zero-order chi connectivity index (χ0) is 51.6. The molecule has 0 saturated heterocycles. The minimum Gasteiger partial charge on any atom is -0.444 e. The quantitative estimate of drug-likeness (QED) is 0.0699. The van der Waals surface area contributed by atoms with E-state index >= 15 is 0 Å². The van der Waals surface area contributed by atoms with E-state index in [1.54, 1.807) is 38.1 Å². The van der Waals surface area contributed by atoms with Crippen LogP contribution in [0.25, 0.3) is 32.8 Å². The molecule has 0 spiro atoms. The van der Waals surface area contributed by atoms with Gasteiger partial charge in [0.1, 0.15) is 29.1 Å². The molecule has 0 fully saturated rings. The molecule has 0 saturated carbocycles. The van der Waals surface area contributed by atoms with Gasteiger partial charge in [-0.1, -0.05) is 92.5 Å². The lowest BCUT2D eigenvalue weighted by Crippen LogP contribution is -2.46. The number of halogens is 2. The van der Waals surface area contributed by atoms with Crippen LogP contribution in [0, 0.1) is 0 Å². The molecule has 7 aromatic rings. The summed E-state index contributed by atoms with van der Waals surface area (Å²) < 4.78 is 27.6. The lowest BCUT2D eigenvalue weighted by Gasteiger charge is -2.32. The topological polar surface area (TPSA) is 162 Å². The van der Waals surface area contributed by atoms with Gasteiger partial charge in [0.25, 0.3) is 0 Å². The first-order chi connectivity index (χ1) is 34.4. The second kappa shape index (κ2) is 24.1. The number of hydrogen-bond donors (Lipinski definition) is 2. The minimum absolute atomic E-state index is 0.196. The molecule has 3 amide bonds. The first-order valence-electron chi connectivity index (χ1n) is 24.2. The summed E-state index contributed by atoms with van der Waals surface area (Å²) >= 11 is 7.36. The van der Waals surface area contributed by atoms with Gasteiger partial charge in [-0.3, -0.25) is 19.7 Å². The van der Waals surface area contributed by atoms with E-state index in [2.05, 4.69) is 52.0 Å². The number of rotatable bonds is 20. The summed E-state index contributed by atoms with van der Waals surface area (Å²) in [6.07, 6.45) is 2.58. The molecular weight excluding hydrogens is 1040 g/mol. The van der Waals surface area contributed by atoms with Crippen molar-refractivity contribution >= 4 is 94.2 Å². The van der Waals surface area contributed by atoms with Crippen LogP contribution in [0.15, 0.2) is 112 Å². The second-order valence-corrected chi connectivity index (χ2v) is 21.3. The van der Waals surface area contributed by atoms with E-state index in [0.29, 0.717) is 80.7 Å². The predicted octanol–water partition coefficient (Wildman–Crippen LogP) is 12.1. The highest BCUT2D eigenvalue weighted by molar-refractivity contribution is 9.10. The first kappa shape index (κ1) is 53.7. The van der Waals surface area contributed by atoms with Gasteiger partial charge < -0.3 is 39.0 Å². The van der Waals surface area contributed by atoms with Gasteiger partial charge >= 0.3 is 12.2 Å². The average Bonchev–Trinajstić information content (AvgIpc) is 3.68. The summed E-state index contributed by atoms with van der Waals surface area (Å²) in [6.45, 7) is 17.6. The fourth-order valence-corrected chi connectivity index (χ4v) is 9.01. The van der Waals surface area contributed by atoms with E-state index < -0.39 is 35.3 Å². The predicted molar refractivity (Wildman–Crippen MR) is 290 cm³/mol. The van der Waals surface area contributed by atoms with Gasteiger partial charge in [0, 0.05) is 45.4 Å². The van der Waals surface area contributed by atoms with Gasteiger partial charge in [0.2, 0.25) is 5.91 Å². The Bertz CT molecular complexity index is 3000. The highest BCUT2D eigenvalue weighted by atomic mass is 79.9. The normalized spacial score (nSPS) is 12.2. The minimum atomic E-state index is -0.841. The average molecular weight is 1110 g/mol. The van der Waals surface area contributed by atoms with Gasteiger partial charge in [-0.25, -0.2) is 14.6 Å². The maximum Gasteiger partial charge on any atom is 0.411 e. The molecule has 380 valence electrons. The van der Waals surface area contributed by atoms with E-state index in [0.717, 1.165) is 47.4 Å². The number of nitrogens with one attached hydrogen (secondary N) is 2. The summed E-state index contributed by atoms with van der Waals surface area (Å²) in [5.41, 5.74) is 5.46. The zero-order valence-corrected chi connectivity index (χ0v) is 45.4. The number of nitrogens with zero attached hydrogens (tertiary/aromatic N) is 6. The van der Waals surface area contributed by atoms with Gasteiger partial charge in [-0.2, -0.15) is 0 Å². The molecule has 1 atom stereocenters. The molecule has 3 heterocycles. The molecular formula is C55H64Br2N8O7. The van der Waals surface area contributed by atoms with Crippen molar-refractivity contribution in [1.29, 1.82) is 0 Å². The van der Waals surface area contributed by atoms with Crippen molar-refractivity contribution in [2.75, 3.05) is 43.5 Å². The van der Waals surface area contributed by atoms with Crippen LogP contribution in [0.4, 0.5) is 21.0 Å². The number of fused-ring (bicyclic) bond motifs is 4. The van der Waals surface area contributed by atoms with Crippen LogP contribution in [0.1, 0.15) is 77.9 Å². The van der Waals surface area contributed by atoms with E-state index in [1.807, 2.05) is 126 Å². The highest BCUT2D eigenvalue weighted by Crippen LogP contribution is 2.34. The third-order valence-electron chi connectivity index (χ3n) is 11.5. The van der Waals surface area contributed by atoms with Crippen LogP contribution in [0.3, 0.4) is 0 Å². The van der Waals surface area contributed by atoms with Crippen molar-refractivity contribution in [3.05, 3.63) is 135 Å².